The van der Waals surface area contributed by atoms with Gasteiger partial charge in [0.25, 0.3) is 0 Å². The van der Waals surface area contributed by atoms with Crippen molar-refractivity contribution in [3.8, 4) is 0 Å². The van der Waals surface area contributed by atoms with E-state index in [1.54, 1.807) is 0 Å². The van der Waals surface area contributed by atoms with Crippen molar-refractivity contribution in [2.24, 2.45) is 5.92 Å². The van der Waals surface area contributed by atoms with E-state index in [1.807, 2.05) is 0 Å². The molecule has 0 spiro atoms. The summed E-state index contributed by atoms with van der Waals surface area (Å²) in [6.45, 7) is 7.05. The number of rotatable bonds is 61. The van der Waals surface area contributed by atoms with Gasteiger partial charge in [0.1, 0.15) is 19.3 Å². The van der Waals surface area contributed by atoms with Crippen LogP contribution < -0.4 is 0 Å². The Labute approximate surface area is 486 Å². The topological polar surface area (TPSA) is 237 Å². The van der Waals surface area contributed by atoms with Crippen LogP contribution in [0.1, 0.15) is 304 Å². The minimum Gasteiger partial charge on any atom is -0.462 e. The highest BCUT2D eigenvalue weighted by molar-refractivity contribution is 7.47. The van der Waals surface area contributed by atoms with E-state index >= 15 is 0 Å². The Hall–Kier alpha value is -1.94. The van der Waals surface area contributed by atoms with E-state index in [2.05, 4.69) is 34.6 Å². The number of aliphatic hydroxyl groups excluding tert-OH is 1. The fourth-order valence-corrected chi connectivity index (χ4v) is 10.6. The number of unbranched alkanes of at least 4 members (excludes halogenated alkanes) is 33. The second-order valence-corrected chi connectivity index (χ2v) is 25.5. The van der Waals surface area contributed by atoms with Crippen molar-refractivity contribution < 1.29 is 80.2 Å². The van der Waals surface area contributed by atoms with Gasteiger partial charge < -0.3 is 33.8 Å². The predicted molar refractivity (Wildman–Crippen MR) is 317 cm³/mol. The van der Waals surface area contributed by atoms with Crippen molar-refractivity contribution in [2.45, 2.75) is 323 Å². The van der Waals surface area contributed by atoms with Crippen LogP contribution in [0.15, 0.2) is 0 Å². The van der Waals surface area contributed by atoms with Gasteiger partial charge in [0.05, 0.1) is 26.4 Å². The summed E-state index contributed by atoms with van der Waals surface area (Å²) < 4.78 is 67.7. The SMILES string of the molecule is CCCCCCCCCCCCCCCCC(=O)O[C@H](COC(=O)CCCCCCCCCCC(C)C)COP(=O)(O)OC[C@@H](O)COP(=O)(O)OC[C@@H](COC(=O)CCCCCCC)OC(=O)CCCCCCCCCCCC. The first-order chi connectivity index (χ1) is 38.5. The second-order valence-electron chi connectivity index (χ2n) is 22.6. The number of aliphatic hydroxyl groups is 1. The lowest BCUT2D eigenvalue weighted by Crippen LogP contribution is -2.30. The van der Waals surface area contributed by atoms with Crippen LogP contribution in [0.4, 0.5) is 0 Å². The smallest absolute Gasteiger partial charge is 0.462 e. The number of ether oxygens (including phenoxy) is 4. The molecule has 0 saturated heterocycles. The molecular formula is C61H118O17P2. The largest absolute Gasteiger partial charge is 0.472 e. The van der Waals surface area contributed by atoms with E-state index in [0.29, 0.717) is 25.7 Å². The number of carbonyl (C=O) groups excluding carboxylic acids is 4. The molecule has 5 atom stereocenters. The van der Waals surface area contributed by atoms with E-state index < -0.39 is 97.5 Å². The Balaban J connectivity index is 5.18. The van der Waals surface area contributed by atoms with Crippen molar-refractivity contribution in [3.63, 3.8) is 0 Å². The highest BCUT2D eigenvalue weighted by Crippen LogP contribution is 2.45. The Kier molecular flexibility index (Phi) is 53.6. The van der Waals surface area contributed by atoms with Crippen LogP contribution in [-0.4, -0.2) is 96.7 Å². The van der Waals surface area contributed by atoms with Crippen LogP contribution in [0.25, 0.3) is 0 Å². The van der Waals surface area contributed by atoms with E-state index in [0.717, 1.165) is 102 Å². The van der Waals surface area contributed by atoms with E-state index in [-0.39, 0.29) is 25.7 Å². The first-order valence-electron chi connectivity index (χ1n) is 32.1. The zero-order chi connectivity index (χ0) is 59.2. The van der Waals surface area contributed by atoms with E-state index in [1.165, 1.54) is 122 Å². The van der Waals surface area contributed by atoms with Crippen molar-refractivity contribution in [1.29, 1.82) is 0 Å². The lowest BCUT2D eigenvalue weighted by atomic mass is 10.0. The number of hydrogen-bond donors (Lipinski definition) is 3. The van der Waals surface area contributed by atoms with Crippen LogP contribution in [0, 0.1) is 5.92 Å². The average molecular weight is 1190 g/mol. The molecule has 0 fully saturated rings. The summed E-state index contributed by atoms with van der Waals surface area (Å²) in [7, 11) is -9.87. The first kappa shape index (κ1) is 78.1. The third kappa shape index (κ3) is 55.3. The molecule has 19 heteroatoms. The second kappa shape index (κ2) is 55.0. The van der Waals surface area contributed by atoms with Crippen molar-refractivity contribution >= 4 is 39.5 Å². The molecule has 0 aromatic heterocycles. The van der Waals surface area contributed by atoms with Gasteiger partial charge in [-0.25, -0.2) is 9.13 Å². The zero-order valence-corrected chi connectivity index (χ0v) is 53.0. The van der Waals surface area contributed by atoms with Crippen molar-refractivity contribution in [1.82, 2.24) is 0 Å². The number of phosphoric acid groups is 2. The molecule has 0 rings (SSSR count). The Morgan fingerprint density at radius 1 is 0.338 bits per heavy atom. The predicted octanol–water partition coefficient (Wildman–Crippen LogP) is 16.6. The quantitative estimate of drug-likeness (QED) is 0.0222. The van der Waals surface area contributed by atoms with Gasteiger partial charge in [0.15, 0.2) is 12.2 Å². The normalized spacial score (nSPS) is 14.3. The summed E-state index contributed by atoms with van der Waals surface area (Å²) in [6, 6.07) is 0. The molecule has 17 nitrogen and oxygen atoms in total. The maximum Gasteiger partial charge on any atom is 0.472 e. The lowest BCUT2D eigenvalue weighted by molar-refractivity contribution is -0.161. The fraction of sp³-hybridized carbons (Fsp3) is 0.934. The van der Waals surface area contributed by atoms with Gasteiger partial charge in [-0.1, -0.05) is 253 Å². The summed E-state index contributed by atoms with van der Waals surface area (Å²) in [5, 5.41) is 10.5. The summed E-state index contributed by atoms with van der Waals surface area (Å²) in [4.78, 5) is 71.8. The molecule has 0 aliphatic rings. The van der Waals surface area contributed by atoms with Gasteiger partial charge in [-0.2, -0.15) is 0 Å². The fourth-order valence-electron chi connectivity index (χ4n) is 9.05. The number of carbonyl (C=O) groups is 4. The summed E-state index contributed by atoms with van der Waals surface area (Å²) in [5.74, 6) is -1.42. The van der Waals surface area contributed by atoms with Crippen LogP contribution in [0.2, 0.25) is 0 Å². The molecule has 0 aliphatic carbocycles. The van der Waals surface area contributed by atoms with Crippen molar-refractivity contribution in [3.05, 3.63) is 0 Å². The number of esters is 4. The molecule has 0 aromatic rings. The minimum atomic E-state index is -4.94. The molecule has 80 heavy (non-hydrogen) atoms. The molecule has 0 radical (unpaired) electrons. The van der Waals surface area contributed by atoms with Gasteiger partial charge in [-0.15, -0.1) is 0 Å². The standard InChI is InChI=1S/C61H118O17P2/c1-6-9-12-15-17-19-21-22-23-24-26-32-37-42-47-61(66)78-57(51-72-59(64)45-40-35-30-28-27-29-34-38-43-54(4)5)53-76-80(69,70)74-49-55(62)48-73-79(67,68)75-52-56(50-71-58(63)44-39-33-14-11-8-3)77-60(65)46-41-36-31-25-20-18-16-13-10-7-2/h54-57,62H,6-53H2,1-5H3,(H,67,68)(H,69,70)/t55-,56+,57+/m0/s1. The molecule has 2 unspecified atom stereocenters. The van der Waals surface area contributed by atoms with Crippen molar-refractivity contribution in [2.75, 3.05) is 39.6 Å². The maximum absolute atomic E-state index is 12.9. The van der Waals surface area contributed by atoms with E-state index in [4.69, 9.17) is 37.0 Å². The van der Waals surface area contributed by atoms with Crippen LogP contribution in [-0.2, 0) is 65.4 Å². The van der Waals surface area contributed by atoms with Gasteiger partial charge in [0, 0.05) is 25.7 Å². The molecule has 0 aromatic carbocycles. The highest BCUT2D eigenvalue weighted by atomic mass is 31.2. The summed E-state index contributed by atoms with van der Waals surface area (Å²) >= 11 is 0. The number of phosphoric ester groups is 2. The molecule has 3 N–H and O–H groups in total. The molecule has 0 aliphatic heterocycles. The van der Waals surface area contributed by atoms with Gasteiger partial charge in [0.2, 0.25) is 0 Å². The zero-order valence-electron chi connectivity index (χ0n) is 51.2. The van der Waals surface area contributed by atoms with Crippen LogP contribution >= 0.6 is 15.6 Å². The van der Waals surface area contributed by atoms with E-state index in [9.17, 15) is 43.2 Å². The molecule has 0 amide bonds. The van der Waals surface area contributed by atoms with Crippen LogP contribution in [0.5, 0.6) is 0 Å². The summed E-state index contributed by atoms with van der Waals surface area (Å²) in [5.41, 5.74) is 0. The molecular weight excluding hydrogens is 1070 g/mol. The van der Waals surface area contributed by atoms with Gasteiger partial charge in [-0.3, -0.25) is 37.3 Å². The monoisotopic (exact) mass is 1180 g/mol. The highest BCUT2D eigenvalue weighted by Gasteiger charge is 2.30. The van der Waals surface area contributed by atoms with Gasteiger partial charge in [-0.05, 0) is 31.6 Å². The average Bonchev–Trinajstić information content (AvgIpc) is 3.42. The third-order valence-electron chi connectivity index (χ3n) is 14.0. The summed E-state index contributed by atoms with van der Waals surface area (Å²) in [6.07, 6.45) is 37.9. The maximum atomic E-state index is 12.9. The lowest BCUT2D eigenvalue weighted by Gasteiger charge is -2.21. The van der Waals surface area contributed by atoms with Gasteiger partial charge >= 0.3 is 39.5 Å². The molecule has 0 bridgehead atoms. The molecule has 0 saturated carbocycles. The Morgan fingerprint density at radius 2 is 0.575 bits per heavy atom. The Morgan fingerprint density at radius 3 is 0.850 bits per heavy atom. The minimum absolute atomic E-state index is 0.105. The first-order valence-corrected chi connectivity index (χ1v) is 35.1. The number of hydrogen-bond acceptors (Lipinski definition) is 15. The Bertz CT molecular complexity index is 1570. The molecule has 0 heterocycles. The molecule has 474 valence electrons. The third-order valence-corrected chi connectivity index (χ3v) is 15.9. The van der Waals surface area contributed by atoms with Crippen LogP contribution in [0.3, 0.4) is 0 Å².